The summed E-state index contributed by atoms with van der Waals surface area (Å²) < 4.78 is 0. The van der Waals surface area contributed by atoms with Crippen LogP contribution in [-0.4, -0.2) is 6.21 Å². The van der Waals surface area contributed by atoms with Crippen LogP contribution >= 0.6 is 11.6 Å². The molecule has 0 aliphatic carbocycles. The number of hydrogen-bond acceptors (Lipinski definition) is 1. The zero-order chi connectivity index (χ0) is 7.11. The van der Waals surface area contributed by atoms with Gasteiger partial charge < -0.3 is 0 Å². The van der Waals surface area contributed by atoms with Crippen LogP contribution in [0.4, 0.5) is 0 Å². The van der Waals surface area contributed by atoms with Gasteiger partial charge in [0.05, 0.1) is 0 Å². The Morgan fingerprint density at radius 1 is 1.78 bits per heavy atom. The van der Waals surface area contributed by atoms with E-state index < -0.39 is 0 Å². The molecule has 0 aromatic heterocycles. The van der Waals surface area contributed by atoms with Crippen LogP contribution in [0.2, 0.25) is 0 Å². The highest BCUT2D eigenvalue weighted by molar-refractivity contribution is 6.29. The summed E-state index contributed by atoms with van der Waals surface area (Å²) in [5.74, 6) is 0. The lowest BCUT2D eigenvalue weighted by Gasteiger charge is -1.82. The first-order chi connectivity index (χ1) is 4.31. The number of halogens is 1. The Bertz CT molecular complexity index is 136. The van der Waals surface area contributed by atoms with Gasteiger partial charge in [0.15, 0.2) is 0 Å². The molecule has 0 atom stereocenters. The van der Waals surface area contributed by atoms with Gasteiger partial charge in [0.2, 0.25) is 0 Å². The van der Waals surface area contributed by atoms with Gasteiger partial charge in [-0.1, -0.05) is 31.2 Å². The third kappa shape index (κ3) is 5.31. The minimum absolute atomic E-state index is 0.479. The second kappa shape index (κ2) is 5.57. The quantitative estimate of drug-likeness (QED) is 0.327. The van der Waals surface area contributed by atoms with Gasteiger partial charge in [-0.25, -0.2) is 4.99 Å². The Balaban J connectivity index is 3.74. The summed E-state index contributed by atoms with van der Waals surface area (Å²) in [6.07, 6.45) is 5.91. The Morgan fingerprint density at radius 2 is 2.44 bits per heavy atom. The van der Waals surface area contributed by atoms with Crippen molar-refractivity contribution >= 4 is 17.8 Å². The molecule has 2 heteroatoms. The zero-order valence-corrected chi connectivity index (χ0v) is 6.23. The molecule has 0 unspecified atom stereocenters. The van der Waals surface area contributed by atoms with Gasteiger partial charge in [0, 0.05) is 6.21 Å². The minimum atomic E-state index is 0.479. The number of allylic oxidation sites excluding steroid dienone is 2. The minimum Gasteiger partial charge on any atom is -0.249 e. The molecule has 0 spiro atoms. The van der Waals surface area contributed by atoms with E-state index in [4.69, 9.17) is 11.6 Å². The molecular weight excluding hydrogens is 134 g/mol. The smallest absolute Gasteiger partial charge is 0.128 e. The van der Waals surface area contributed by atoms with E-state index in [0.717, 1.165) is 6.42 Å². The molecule has 0 saturated heterocycles. The first-order valence-electron chi connectivity index (χ1n) is 2.82. The van der Waals surface area contributed by atoms with Gasteiger partial charge in [-0.2, -0.15) is 0 Å². The van der Waals surface area contributed by atoms with E-state index in [9.17, 15) is 0 Å². The van der Waals surface area contributed by atoms with Gasteiger partial charge in [-0.3, -0.25) is 0 Å². The van der Waals surface area contributed by atoms with E-state index in [1.807, 2.05) is 6.92 Å². The second-order valence-corrected chi connectivity index (χ2v) is 1.83. The van der Waals surface area contributed by atoms with Gasteiger partial charge in [0.1, 0.15) is 5.16 Å². The van der Waals surface area contributed by atoms with Gasteiger partial charge in [0.25, 0.3) is 0 Å². The predicted molar refractivity (Wildman–Crippen MR) is 42.9 cm³/mol. The molecule has 0 fully saturated rings. The molecule has 0 N–H and O–H groups in total. The average Bonchev–Trinajstić information content (AvgIpc) is 1.85. The van der Waals surface area contributed by atoms with Gasteiger partial charge in [-0.15, -0.1) is 0 Å². The van der Waals surface area contributed by atoms with Crippen molar-refractivity contribution in [3.05, 3.63) is 23.9 Å². The van der Waals surface area contributed by atoms with Crippen molar-refractivity contribution in [1.29, 1.82) is 0 Å². The summed E-state index contributed by atoms with van der Waals surface area (Å²) in [6, 6.07) is 0. The fraction of sp³-hybridized carbons (Fsp3) is 0.286. The monoisotopic (exact) mass is 143 g/mol. The second-order valence-electron chi connectivity index (χ2n) is 1.45. The predicted octanol–water partition coefficient (Wildman–Crippen LogP) is 2.73. The summed E-state index contributed by atoms with van der Waals surface area (Å²) in [5.41, 5.74) is 0. The van der Waals surface area contributed by atoms with E-state index in [2.05, 4.69) is 11.6 Å². The summed E-state index contributed by atoms with van der Waals surface area (Å²) in [5, 5.41) is 0.479. The van der Waals surface area contributed by atoms with Crippen molar-refractivity contribution in [2.45, 2.75) is 13.3 Å². The number of nitrogens with zero attached hydrogens (tertiary/aromatic N) is 1. The Kier molecular flexibility index (Phi) is 5.23. The molecule has 0 aromatic carbocycles. The summed E-state index contributed by atoms with van der Waals surface area (Å²) in [6.45, 7) is 5.48. The maximum atomic E-state index is 5.55. The molecule has 0 rings (SSSR count). The fourth-order valence-electron chi connectivity index (χ4n) is 0.319. The van der Waals surface area contributed by atoms with Crippen LogP contribution in [0.3, 0.4) is 0 Å². The van der Waals surface area contributed by atoms with E-state index in [1.165, 1.54) is 0 Å². The molecule has 9 heavy (non-hydrogen) atoms. The average molecular weight is 144 g/mol. The normalized spacial score (nSPS) is 12.4. The highest BCUT2D eigenvalue weighted by atomic mass is 35.5. The van der Waals surface area contributed by atoms with E-state index >= 15 is 0 Å². The van der Waals surface area contributed by atoms with Crippen LogP contribution in [0.25, 0.3) is 0 Å². The first kappa shape index (κ1) is 8.44. The van der Waals surface area contributed by atoms with Crippen LogP contribution in [-0.2, 0) is 0 Å². The zero-order valence-electron chi connectivity index (χ0n) is 5.47. The van der Waals surface area contributed by atoms with Crippen LogP contribution in [0, 0.1) is 0 Å². The topological polar surface area (TPSA) is 12.4 Å². The lowest BCUT2D eigenvalue weighted by atomic mass is 10.5. The Hall–Kier alpha value is -0.560. The molecule has 0 amide bonds. The summed E-state index contributed by atoms with van der Waals surface area (Å²) in [4.78, 5) is 3.86. The van der Waals surface area contributed by atoms with Crippen molar-refractivity contribution in [3.63, 3.8) is 0 Å². The number of rotatable bonds is 3. The molecule has 0 aromatic rings. The molecule has 1 nitrogen and oxygen atoms in total. The largest absolute Gasteiger partial charge is 0.249 e. The standard InChI is InChI=1S/C7H10ClN/c1-3-5-7(8)9-6-4-2/h3,5-6H,1,4H2,2H3/b7-5-,9-6-. The molecule has 0 radical (unpaired) electrons. The van der Waals surface area contributed by atoms with Crippen molar-refractivity contribution in [1.82, 2.24) is 0 Å². The van der Waals surface area contributed by atoms with E-state index in [1.54, 1.807) is 18.4 Å². The molecule has 0 bridgehead atoms. The highest BCUT2D eigenvalue weighted by Gasteiger charge is 1.78. The van der Waals surface area contributed by atoms with Crippen molar-refractivity contribution < 1.29 is 0 Å². The van der Waals surface area contributed by atoms with Crippen LogP contribution < -0.4 is 0 Å². The van der Waals surface area contributed by atoms with Crippen LogP contribution in [0.5, 0.6) is 0 Å². The number of aliphatic imine (C=N–C) groups is 1. The maximum absolute atomic E-state index is 5.55. The van der Waals surface area contributed by atoms with Gasteiger partial charge >= 0.3 is 0 Å². The van der Waals surface area contributed by atoms with E-state index in [-0.39, 0.29) is 0 Å². The van der Waals surface area contributed by atoms with Crippen molar-refractivity contribution in [2.75, 3.05) is 0 Å². The lowest BCUT2D eigenvalue weighted by Crippen LogP contribution is -1.67. The van der Waals surface area contributed by atoms with Crippen LogP contribution in [0.1, 0.15) is 13.3 Å². The summed E-state index contributed by atoms with van der Waals surface area (Å²) in [7, 11) is 0. The highest BCUT2D eigenvalue weighted by Crippen LogP contribution is 2.01. The SMILES string of the molecule is C=C/C=C(Cl)\N=C/CC. The van der Waals surface area contributed by atoms with Crippen molar-refractivity contribution in [2.24, 2.45) is 4.99 Å². The van der Waals surface area contributed by atoms with Crippen molar-refractivity contribution in [3.8, 4) is 0 Å². The summed E-state index contributed by atoms with van der Waals surface area (Å²) >= 11 is 5.55. The fourth-order valence-corrected chi connectivity index (χ4v) is 0.477. The van der Waals surface area contributed by atoms with E-state index in [0.29, 0.717) is 5.16 Å². The Morgan fingerprint density at radius 3 is 2.89 bits per heavy atom. The Labute approximate surface area is 60.7 Å². The molecular formula is C7H10ClN. The number of hydrogen-bond donors (Lipinski definition) is 0. The molecule has 0 aliphatic rings. The molecule has 0 heterocycles. The molecule has 0 saturated carbocycles. The third-order valence-electron chi connectivity index (χ3n) is 0.653. The first-order valence-corrected chi connectivity index (χ1v) is 3.19. The van der Waals surface area contributed by atoms with Gasteiger partial charge in [-0.05, 0) is 12.5 Å². The maximum Gasteiger partial charge on any atom is 0.128 e. The third-order valence-corrected chi connectivity index (χ3v) is 0.876. The van der Waals surface area contributed by atoms with Crippen LogP contribution in [0.15, 0.2) is 28.9 Å². The molecule has 50 valence electrons. The lowest BCUT2D eigenvalue weighted by molar-refractivity contribution is 1.31. The molecule has 0 aliphatic heterocycles.